The van der Waals surface area contributed by atoms with Crippen LogP contribution in [0.15, 0.2) is 54.6 Å². The highest BCUT2D eigenvalue weighted by atomic mass is 16.2. The Kier molecular flexibility index (Phi) is 9.50. The van der Waals surface area contributed by atoms with E-state index in [-0.39, 0.29) is 17.4 Å². The molecular formula is C34H42N4O2. The third-order valence-electron chi connectivity index (χ3n) is 7.39. The first-order valence-electron chi connectivity index (χ1n) is 14.3. The van der Waals surface area contributed by atoms with E-state index in [4.69, 9.17) is 0 Å². The zero-order chi connectivity index (χ0) is 28.7. The molecule has 3 amide bonds. The van der Waals surface area contributed by atoms with Crippen molar-refractivity contribution in [1.29, 1.82) is 0 Å². The van der Waals surface area contributed by atoms with Gasteiger partial charge in [0.2, 0.25) is 5.91 Å². The molecule has 1 aliphatic heterocycles. The lowest BCUT2D eigenvalue weighted by atomic mass is 9.85. The topological polar surface area (TPSA) is 64.7 Å². The van der Waals surface area contributed by atoms with Gasteiger partial charge in [-0.05, 0) is 78.5 Å². The molecular weight excluding hydrogens is 496 g/mol. The van der Waals surface area contributed by atoms with E-state index in [1.807, 2.05) is 42.5 Å². The summed E-state index contributed by atoms with van der Waals surface area (Å²) in [5.74, 6) is 6.80. The maximum atomic E-state index is 13.2. The summed E-state index contributed by atoms with van der Waals surface area (Å²) < 4.78 is 0. The molecule has 4 rings (SSSR count). The lowest BCUT2D eigenvalue weighted by Gasteiger charge is -2.23. The number of aryl methyl sites for hydroxylation is 1. The molecule has 0 radical (unpaired) electrons. The van der Waals surface area contributed by atoms with Gasteiger partial charge in [0, 0.05) is 37.2 Å². The Morgan fingerprint density at radius 2 is 1.65 bits per heavy atom. The number of fused-ring (bicyclic) bond motifs is 1. The predicted molar refractivity (Wildman–Crippen MR) is 166 cm³/mol. The summed E-state index contributed by atoms with van der Waals surface area (Å²) in [5, 5.41) is 8.04. The smallest absolute Gasteiger partial charge is 0.323 e. The Labute approximate surface area is 239 Å². The van der Waals surface area contributed by atoms with Gasteiger partial charge in [-0.2, -0.15) is 0 Å². The molecule has 0 bridgehead atoms. The normalized spacial score (nSPS) is 13.8. The second-order valence-corrected chi connectivity index (χ2v) is 11.9. The molecule has 1 aliphatic rings. The van der Waals surface area contributed by atoms with Crippen LogP contribution < -0.4 is 10.6 Å². The van der Waals surface area contributed by atoms with Crippen LogP contribution in [0.2, 0.25) is 0 Å². The highest BCUT2D eigenvalue weighted by Gasteiger charge is 2.17. The number of rotatable bonds is 6. The number of urea groups is 1. The quantitative estimate of drug-likeness (QED) is 0.346. The van der Waals surface area contributed by atoms with Gasteiger partial charge in [0.15, 0.2) is 0 Å². The molecule has 2 N–H and O–H groups in total. The maximum absolute atomic E-state index is 13.2. The first-order chi connectivity index (χ1) is 19.1. The molecule has 0 aliphatic carbocycles. The van der Waals surface area contributed by atoms with Crippen LogP contribution in [-0.2, 0) is 16.6 Å². The van der Waals surface area contributed by atoms with Gasteiger partial charge in [-0.1, -0.05) is 69.4 Å². The Morgan fingerprint density at radius 1 is 0.925 bits per heavy atom. The van der Waals surface area contributed by atoms with Crippen molar-refractivity contribution < 1.29 is 9.59 Å². The van der Waals surface area contributed by atoms with Crippen LogP contribution in [0, 0.1) is 11.8 Å². The van der Waals surface area contributed by atoms with Gasteiger partial charge in [0.05, 0.1) is 12.2 Å². The third-order valence-corrected chi connectivity index (χ3v) is 7.39. The Morgan fingerprint density at radius 3 is 2.35 bits per heavy atom. The second kappa shape index (κ2) is 13.0. The summed E-state index contributed by atoms with van der Waals surface area (Å²) >= 11 is 0. The van der Waals surface area contributed by atoms with Crippen LogP contribution in [0.25, 0.3) is 10.8 Å². The molecule has 1 fully saturated rings. The number of hydrogen-bond donors (Lipinski definition) is 2. The number of carbonyl (C=O) groups excluding carboxylic acids is 2. The molecule has 6 nitrogen and oxygen atoms in total. The van der Waals surface area contributed by atoms with Crippen molar-refractivity contribution in [1.82, 2.24) is 9.80 Å². The fourth-order valence-electron chi connectivity index (χ4n) is 4.98. The van der Waals surface area contributed by atoms with Gasteiger partial charge in [0.25, 0.3) is 0 Å². The van der Waals surface area contributed by atoms with Crippen molar-refractivity contribution in [2.24, 2.45) is 0 Å². The summed E-state index contributed by atoms with van der Waals surface area (Å²) in [7, 11) is 3.54. The number of piperidine rings is 1. The summed E-state index contributed by atoms with van der Waals surface area (Å²) in [6.07, 6.45) is 4.86. The van der Waals surface area contributed by atoms with Crippen molar-refractivity contribution >= 4 is 34.1 Å². The number of hydrogen-bond acceptors (Lipinski definition) is 3. The molecule has 40 heavy (non-hydrogen) atoms. The number of amides is 3. The van der Waals surface area contributed by atoms with E-state index in [1.54, 1.807) is 19.0 Å². The summed E-state index contributed by atoms with van der Waals surface area (Å²) in [6.45, 7) is 9.47. The number of nitrogens with one attached hydrogen (secondary N) is 2. The highest BCUT2D eigenvalue weighted by molar-refractivity contribution is 6.07. The lowest BCUT2D eigenvalue weighted by molar-refractivity contribution is -0.128. The highest BCUT2D eigenvalue weighted by Crippen LogP contribution is 2.29. The zero-order valence-corrected chi connectivity index (χ0v) is 24.6. The van der Waals surface area contributed by atoms with E-state index >= 15 is 0 Å². The third kappa shape index (κ3) is 7.86. The van der Waals surface area contributed by atoms with E-state index in [9.17, 15) is 9.59 Å². The van der Waals surface area contributed by atoms with Gasteiger partial charge < -0.3 is 15.5 Å². The van der Waals surface area contributed by atoms with E-state index in [0.717, 1.165) is 52.8 Å². The summed E-state index contributed by atoms with van der Waals surface area (Å²) in [5.41, 5.74) is 4.44. The Hall–Kier alpha value is -3.82. The number of benzene rings is 3. The largest absolute Gasteiger partial charge is 0.349 e. The van der Waals surface area contributed by atoms with Gasteiger partial charge in [0.1, 0.15) is 0 Å². The SMILES string of the molecule is CN(C)C(=O)CCc1cc(NC(=O)Nc2ccc(C#CCN3CCCCC3)c3ccccc23)cc(C(C)(C)C)c1. The van der Waals surface area contributed by atoms with Crippen LogP contribution >= 0.6 is 0 Å². The van der Waals surface area contributed by atoms with Gasteiger partial charge in [-0.25, -0.2) is 4.79 Å². The first kappa shape index (κ1) is 29.2. The first-order valence-corrected chi connectivity index (χ1v) is 14.3. The average molecular weight is 539 g/mol. The molecule has 0 unspecified atom stereocenters. The van der Waals surface area contributed by atoms with Gasteiger partial charge in [-0.3, -0.25) is 9.69 Å². The molecule has 6 heteroatoms. The lowest BCUT2D eigenvalue weighted by Crippen LogP contribution is -2.29. The predicted octanol–water partition coefficient (Wildman–Crippen LogP) is 6.64. The minimum absolute atomic E-state index is 0.0833. The fourth-order valence-corrected chi connectivity index (χ4v) is 4.98. The number of nitrogens with zero attached hydrogens (tertiary/aromatic N) is 2. The number of carbonyl (C=O) groups is 2. The number of anilines is 2. The van der Waals surface area contributed by atoms with Crippen molar-refractivity contribution in [3.05, 3.63) is 71.3 Å². The summed E-state index contributed by atoms with van der Waals surface area (Å²) in [4.78, 5) is 29.4. The molecule has 3 aromatic rings. The molecule has 0 atom stereocenters. The van der Waals surface area contributed by atoms with Crippen molar-refractivity contribution in [2.75, 3.05) is 44.4 Å². The standard InChI is InChI=1S/C34H42N4O2/c1-34(2,3)27-22-25(15-18-32(39)37(4)5)23-28(24-27)35-33(40)36-31-17-16-26(29-13-7-8-14-30(29)31)12-11-21-38-19-9-6-10-20-38/h7-8,13-14,16-17,22-24H,6,9-10,15,18-21H2,1-5H3,(H2,35,36,40). The van der Waals surface area contributed by atoms with Crippen molar-refractivity contribution in [2.45, 2.75) is 58.3 Å². The monoisotopic (exact) mass is 538 g/mol. The molecule has 0 spiro atoms. The minimum Gasteiger partial charge on any atom is -0.349 e. The molecule has 0 saturated carbocycles. The van der Waals surface area contributed by atoms with E-state index in [2.05, 4.69) is 60.3 Å². The average Bonchev–Trinajstić information content (AvgIpc) is 2.92. The Bertz CT molecular complexity index is 1420. The summed E-state index contributed by atoms with van der Waals surface area (Å²) in [6, 6.07) is 17.7. The second-order valence-electron chi connectivity index (χ2n) is 11.9. The van der Waals surface area contributed by atoms with E-state index in [0.29, 0.717) is 18.5 Å². The molecule has 0 aromatic heterocycles. The van der Waals surface area contributed by atoms with Crippen LogP contribution in [-0.4, -0.2) is 55.5 Å². The fraction of sp³-hybridized carbons (Fsp3) is 0.412. The molecule has 3 aromatic carbocycles. The van der Waals surface area contributed by atoms with Crippen molar-refractivity contribution in [3.8, 4) is 11.8 Å². The molecule has 210 valence electrons. The van der Waals surface area contributed by atoms with Crippen molar-refractivity contribution in [3.63, 3.8) is 0 Å². The van der Waals surface area contributed by atoms with E-state index < -0.39 is 0 Å². The minimum atomic E-state index is -0.310. The van der Waals surface area contributed by atoms with E-state index in [1.165, 1.54) is 19.3 Å². The van der Waals surface area contributed by atoms with Crippen LogP contribution in [0.1, 0.15) is 63.1 Å². The van der Waals surface area contributed by atoms with Gasteiger partial charge in [-0.15, -0.1) is 0 Å². The van der Waals surface area contributed by atoms with Crippen LogP contribution in [0.5, 0.6) is 0 Å². The van der Waals surface area contributed by atoms with Gasteiger partial charge >= 0.3 is 6.03 Å². The Balaban J connectivity index is 1.51. The number of likely N-dealkylation sites (tertiary alicyclic amines) is 1. The molecule has 1 heterocycles. The van der Waals surface area contributed by atoms with Crippen LogP contribution in [0.3, 0.4) is 0 Å². The zero-order valence-electron chi connectivity index (χ0n) is 24.6. The molecule has 1 saturated heterocycles. The maximum Gasteiger partial charge on any atom is 0.323 e. The van der Waals surface area contributed by atoms with Crippen LogP contribution in [0.4, 0.5) is 16.2 Å².